The third-order valence-electron chi connectivity index (χ3n) is 11.6. The summed E-state index contributed by atoms with van der Waals surface area (Å²) in [5.74, 6) is 4.06. The van der Waals surface area contributed by atoms with Crippen molar-refractivity contribution >= 4 is 5.97 Å². The van der Waals surface area contributed by atoms with Crippen LogP contribution in [0.2, 0.25) is 0 Å². The second-order valence-electron chi connectivity index (χ2n) is 15.5. The van der Waals surface area contributed by atoms with E-state index in [1.807, 2.05) is 19.9 Å². The zero-order valence-electron chi connectivity index (χ0n) is 26.8. The molecule has 4 aliphatic carbocycles. The maximum Gasteiger partial charge on any atom is 0.309 e. The lowest BCUT2D eigenvalue weighted by atomic mass is 9.65. The molecule has 0 radical (unpaired) electrons. The average Bonchev–Trinajstić information content (AvgIpc) is 3.86. The van der Waals surface area contributed by atoms with Gasteiger partial charge in [-0.25, -0.2) is 4.39 Å². The van der Waals surface area contributed by atoms with Gasteiger partial charge in [0.1, 0.15) is 11.6 Å². The monoisotopic (exact) mass is 586 g/mol. The van der Waals surface area contributed by atoms with Crippen molar-refractivity contribution in [2.45, 2.75) is 104 Å². The molecule has 3 nitrogen and oxygen atoms in total. The van der Waals surface area contributed by atoms with Gasteiger partial charge in [0, 0.05) is 5.56 Å². The molecule has 0 heterocycles. The number of aliphatic carboxylic acids is 1. The number of benzene rings is 2. The van der Waals surface area contributed by atoms with E-state index in [-0.39, 0.29) is 5.82 Å². The molecule has 0 aromatic heterocycles. The van der Waals surface area contributed by atoms with Crippen LogP contribution in [0.4, 0.5) is 4.39 Å². The number of allylic oxidation sites excluding steroid dienone is 1. The summed E-state index contributed by atoms with van der Waals surface area (Å²) >= 11 is 0. The van der Waals surface area contributed by atoms with E-state index in [1.165, 1.54) is 54.9 Å². The maximum absolute atomic E-state index is 14.2. The fraction of sp³-hybridized carbons (Fsp3) is 0.615. The molecule has 0 amide bonds. The molecule has 232 valence electrons. The van der Waals surface area contributed by atoms with Crippen LogP contribution < -0.4 is 4.74 Å². The summed E-state index contributed by atoms with van der Waals surface area (Å²) in [5, 5.41) is 9.68. The van der Waals surface area contributed by atoms with Crippen molar-refractivity contribution in [3.05, 3.63) is 65.5 Å². The van der Waals surface area contributed by atoms with Gasteiger partial charge in [-0.2, -0.15) is 0 Å². The van der Waals surface area contributed by atoms with Gasteiger partial charge >= 0.3 is 5.97 Å². The van der Waals surface area contributed by atoms with Crippen molar-refractivity contribution in [2.24, 2.45) is 40.4 Å². The minimum absolute atomic E-state index is 0.202. The molecule has 2 atom stereocenters. The van der Waals surface area contributed by atoms with Crippen LogP contribution in [0.1, 0.15) is 109 Å². The summed E-state index contributed by atoms with van der Waals surface area (Å²) < 4.78 is 20.5. The normalized spacial score (nSPS) is 31.6. The van der Waals surface area contributed by atoms with E-state index in [2.05, 4.69) is 32.6 Å². The molecule has 0 saturated heterocycles. The summed E-state index contributed by atoms with van der Waals surface area (Å²) in [6.07, 6.45) is 11.9. The number of halogens is 1. The van der Waals surface area contributed by atoms with E-state index in [4.69, 9.17) is 4.74 Å². The van der Waals surface area contributed by atoms with Crippen molar-refractivity contribution in [3.63, 3.8) is 0 Å². The first-order chi connectivity index (χ1) is 20.5. The average molecular weight is 587 g/mol. The van der Waals surface area contributed by atoms with Crippen molar-refractivity contribution in [1.82, 2.24) is 0 Å². The van der Waals surface area contributed by atoms with Gasteiger partial charge in [-0.15, -0.1) is 0 Å². The van der Waals surface area contributed by atoms with Crippen LogP contribution in [0, 0.1) is 46.2 Å². The Morgan fingerprint density at radius 2 is 1.79 bits per heavy atom. The number of rotatable bonds is 12. The maximum atomic E-state index is 14.2. The summed E-state index contributed by atoms with van der Waals surface area (Å²) in [7, 11) is 0. The Morgan fingerprint density at radius 3 is 2.37 bits per heavy atom. The number of carboxylic acids is 1. The molecule has 6 rings (SSSR count). The van der Waals surface area contributed by atoms with E-state index in [0.717, 1.165) is 73.2 Å². The number of hydrogen-bond acceptors (Lipinski definition) is 2. The lowest BCUT2D eigenvalue weighted by Gasteiger charge is -2.39. The quantitative estimate of drug-likeness (QED) is 0.252. The molecule has 4 saturated carbocycles. The van der Waals surface area contributed by atoms with E-state index in [0.29, 0.717) is 29.8 Å². The van der Waals surface area contributed by atoms with Gasteiger partial charge in [0.25, 0.3) is 0 Å². The summed E-state index contributed by atoms with van der Waals surface area (Å²) in [6.45, 7) is 13.9. The number of ether oxygens (including phenoxy) is 1. The molecule has 1 N–H and O–H groups in total. The van der Waals surface area contributed by atoms with Gasteiger partial charge in [0.2, 0.25) is 0 Å². The van der Waals surface area contributed by atoms with Crippen LogP contribution >= 0.6 is 0 Å². The van der Waals surface area contributed by atoms with Crippen molar-refractivity contribution in [2.75, 3.05) is 6.61 Å². The standard InChI is InChI=1S/C39H51FO3/c1-6-43-35-18-26(16-31(28-10-11-28)36(35)29-8-7-9-30(40)19-29)17-32-33-22-39(20-24(2)3,23-34(32)33)21-25(4)27-12-14-38(5,15-13-27)37(41)42/h7-9,16,18-19,24,27-28,32-34H,4,6,10-15,17,20-23H2,1-3,5H3,(H,41,42). The molecule has 2 unspecified atom stereocenters. The minimum Gasteiger partial charge on any atom is -0.493 e. The Labute approximate surface area is 258 Å². The summed E-state index contributed by atoms with van der Waals surface area (Å²) in [5.41, 5.74) is 5.90. The van der Waals surface area contributed by atoms with Crippen LogP contribution in [0.15, 0.2) is 48.6 Å². The van der Waals surface area contributed by atoms with E-state index in [9.17, 15) is 14.3 Å². The van der Waals surface area contributed by atoms with Gasteiger partial charge in [-0.3, -0.25) is 4.79 Å². The molecule has 2 aromatic rings. The fourth-order valence-corrected chi connectivity index (χ4v) is 9.29. The smallest absolute Gasteiger partial charge is 0.309 e. The molecule has 0 aliphatic heterocycles. The van der Waals surface area contributed by atoms with Crippen LogP contribution in [0.3, 0.4) is 0 Å². The minimum atomic E-state index is -0.643. The van der Waals surface area contributed by atoms with E-state index < -0.39 is 11.4 Å². The highest BCUT2D eigenvalue weighted by Crippen LogP contribution is 2.68. The van der Waals surface area contributed by atoms with Gasteiger partial charge in [-0.05, 0) is 160 Å². The number of hydrogen-bond donors (Lipinski definition) is 1. The van der Waals surface area contributed by atoms with E-state index in [1.54, 1.807) is 12.1 Å². The topological polar surface area (TPSA) is 46.5 Å². The molecule has 0 bridgehead atoms. The number of carboxylic acid groups (broad SMARTS) is 1. The molecular weight excluding hydrogens is 535 g/mol. The summed E-state index contributed by atoms with van der Waals surface area (Å²) in [6, 6.07) is 11.6. The predicted molar refractivity (Wildman–Crippen MR) is 172 cm³/mol. The van der Waals surface area contributed by atoms with Crippen molar-refractivity contribution in [3.8, 4) is 16.9 Å². The first-order valence-corrected chi connectivity index (χ1v) is 17.0. The fourth-order valence-electron chi connectivity index (χ4n) is 9.29. The predicted octanol–water partition coefficient (Wildman–Crippen LogP) is 10.2. The Bertz CT molecular complexity index is 1350. The molecule has 2 aromatic carbocycles. The second-order valence-corrected chi connectivity index (χ2v) is 15.5. The second kappa shape index (κ2) is 11.7. The van der Waals surface area contributed by atoms with Gasteiger partial charge in [-0.1, -0.05) is 44.2 Å². The molecule has 4 fully saturated rings. The zero-order valence-corrected chi connectivity index (χ0v) is 26.8. The molecule has 0 spiro atoms. The highest BCUT2D eigenvalue weighted by molar-refractivity contribution is 5.76. The van der Waals surface area contributed by atoms with Crippen LogP contribution in [0.5, 0.6) is 5.75 Å². The van der Waals surface area contributed by atoms with Crippen molar-refractivity contribution in [1.29, 1.82) is 0 Å². The largest absolute Gasteiger partial charge is 0.493 e. The van der Waals surface area contributed by atoms with E-state index >= 15 is 0 Å². The summed E-state index contributed by atoms with van der Waals surface area (Å²) in [4.78, 5) is 11.8. The Morgan fingerprint density at radius 1 is 1.09 bits per heavy atom. The highest BCUT2D eigenvalue weighted by Gasteiger charge is 2.60. The molecule has 4 heteroatoms. The lowest BCUT2D eigenvalue weighted by Crippen LogP contribution is -2.33. The van der Waals surface area contributed by atoms with Gasteiger partial charge < -0.3 is 9.84 Å². The highest BCUT2D eigenvalue weighted by atomic mass is 19.1. The van der Waals surface area contributed by atoms with Crippen molar-refractivity contribution < 1.29 is 19.0 Å². The molecular formula is C39H51FO3. The van der Waals surface area contributed by atoms with Crippen LogP contribution in [-0.4, -0.2) is 17.7 Å². The van der Waals surface area contributed by atoms with Gasteiger partial charge in [0.15, 0.2) is 0 Å². The number of carbonyl (C=O) groups is 1. The zero-order chi connectivity index (χ0) is 30.5. The Hall–Kier alpha value is -2.62. The third kappa shape index (κ3) is 6.31. The lowest BCUT2D eigenvalue weighted by molar-refractivity contribution is -0.150. The van der Waals surface area contributed by atoms with Gasteiger partial charge in [0.05, 0.1) is 12.0 Å². The first kappa shape index (κ1) is 30.4. The molecule has 43 heavy (non-hydrogen) atoms. The molecule has 4 aliphatic rings. The SMILES string of the molecule is C=C(CC1(CC(C)C)CC2C(Cc3cc(OCC)c(-c4cccc(F)c4)c(C4CC4)c3)C2C1)C1CCC(C)(C(=O)O)CC1. The number of fused-ring (bicyclic) bond motifs is 1. The Kier molecular flexibility index (Phi) is 8.28. The third-order valence-corrected chi connectivity index (χ3v) is 11.6. The van der Waals surface area contributed by atoms with Crippen LogP contribution in [0.25, 0.3) is 11.1 Å². The van der Waals surface area contributed by atoms with Crippen LogP contribution in [-0.2, 0) is 11.2 Å². The Balaban J connectivity index is 1.15. The first-order valence-electron chi connectivity index (χ1n) is 17.0.